The van der Waals surface area contributed by atoms with Crippen molar-refractivity contribution in [3.63, 3.8) is 0 Å². The number of fused-ring (bicyclic) bond motifs is 8. The van der Waals surface area contributed by atoms with Crippen LogP contribution < -0.4 is 22.5 Å². The highest BCUT2D eigenvalue weighted by Gasteiger charge is 2.30. The van der Waals surface area contributed by atoms with Crippen molar-refractivity contribution in [2.45, 2.75) is 225 Å². The van der Waals surface area contributed by atoms with Gasteiger partial charge in [-0.25, -0.2) is 28.7 Å². The highest BCUT2D eigenvalue weighted by molar-refractivity contribution is 6.03. The molecule has 0 aliphatic carbocycles. The molecule has 78 heavy (non-hydrogen) atoms. The minimum Gasteiger partial charge on any atom is -0.361 e. The molecule has 5 aromatic rings. The summed E-state index contributed by atoms with van der Waals surface area (Å²) in [6, 6.07) is 4.38. The molecule has 0 aromatic carbocycles. The molecular weight excluding hydrogens is 977 g/mol. The van der Waals surface area contributed by atoms with Crippen LogP contribution in [0.15, 0.2) is 31.3 Å². The lowest BCUT2D eigenvalue weighted by molar-refractivity contribution is 0.0821. The third kappa shape index (κ3) is 12.7. The number of nitrogens with zero attached hydrogens (tertiary/aromatic N) is 4. The van der Waals surface area contributed by atoms with Crippen LogP contribution in [0.3, 0.4) is 0 Å². The van der Waals surface area contributed by atoms with Gasteiger partial charge in [-0.2, -0.15) is 0 Å². The monoisotopic (exact) mass is 1070 g/mol. The third-order valence-corrected chi connectivity index (χ3v) is 16.3. The molecule has 8 bridgehead atoms. The zero-order valence-corrected chi connectivity index (χ0v) is 49.4. The average molecular weight is 1070 g/mol. The summed E-state index contributed by atoms with van der Waals surface area (Å²) in [4.78, 5) is 83.2. The minimum atomic E-state index is -0.527. The highest BCUT2D eigenvalue weighted by atomic mass is 16.5. The van der Waals surface area contributed by atoms with Crippen LogP contribution in [0.5, 0.6) is 0 Å². The number of aryl methyl sites for hydroxylation is 6. The number of aromatic nitrogens is 8. The van der Waals surface area contributed by atoms with E-state index in [4.69, 9.17) is 19.4 Å². The van der Waals surface area contributed by atoms with Gasteiger partial charge in [0.05, 0.1) is 44.9 Å². The van der Waals surface area contributed by atoms with Gasteiger partial charge in [0.25, 0.3) is 11.1 Å². The van der Waals surface area contributed by atoms with Gasteiger partial charge in [0.1, 0.15) is 13.5 Å². The molecule has 2 aliphatic heterocycles. The molecule has 14 heteroatoms. The number of hydrogen-bond acceptors (Lipinski definition) is 8. The van der Waals surface area contributed by atoms with Crippen LogP contribution in [0.1, 0.15) is 227 Å². The molecule has 0 spiro atoms. The first-order valence-corrected chi connectivity index (χ1v) is 29.7. The number of allylic oxidation sites excluding steroid dienone is 4. The lowest BCUT2D eigenvalue weighted by Gasteiger charge is -2.13. The summed E-state index contributed by atoms with van der Waals surface area (Å²) in [6.45, 7) is 25.1. The molecule has 0 unspecified atom stereocenters. The second-order valence-corrected chi connectivity index (χ2v) is 21.8. The second kappa shape index (κ2) is 27.7. The number of unbranched alkanes of at least 4 members (excludes halogenated alkanes) is 12. The number of ether oxygens (including phenoxy) is 2. The Morgan fingerprint density at radius 2 is 0.782 bits per heavy atom. The first-order chi connectivity index (χ1) is 37.7. The predicted molar refractivity (Wildman–Crippen MR) is 322 cm³/mol. The van der Waals surface area contributed by atoms with Crippen LogP contribution in [-0.4, -0.2) is 52.3 Å². The van der Waals surface area contributed by atoms with Gasteiger partial charge in [-0.1, -0.05) is 105 Å². The maximum Gasteiger partial charge on any atom is 0.330 e. The Hall–Kier alpha value is -6.12. The molecule has 7 rings (SSSR count). The molecule has 0 radical (unpaired) electrons. The maximum atomic E-state index is 15.2. The Bertz CT molecular complexity index is 3220. The van der Waals surface area contributed by atoms with Crippen molar-refractivity contribution >= 4 is 44.4 Å². The first-order valence-electron chi connectivity index (χ1n) is 29.7. The van der Waals surface area contributed by atoms with Gasteiger partial charge in [0.15, 0.2) is 0 Å². The molecule has 7 heterocycles. The van der Waals surface area contributed by atoms with E-state index in [1.54, 1.807) is 0 Å². The fourth-order valence-corrected chi connectivity index (χ4v) is 11.7. The molecule has 0 saturated carbocycles. The van der Waals surface area contributed by atoms with E-state index in [1.807, 2.05) is 27.7 Å². The zero-order valence-electron chi connectivity index (χ0n) is 49.4. The summed E-state index contributed by atoms with van der Waals surface area (Å²) >= 11 is 0. The van der Waals surface area contributed by atoms with Gasteiger partial charge in [0, 0.05) is 46.8 Å². The van der Waals surface area contributed by atoms with Crippen molar-refractivity contribution in [1.82, 2.24) is 39.0 Å². The molecule has 5 aromatic heterocycles. The number of rotatable bonds is 28. The van der Waals surface area contributed by atoms with Crippen LogP contribution in [0.25, 0.3) is 66.6 Å². The largest absolute Gasteiger partial charge is 0.361 e. The summed E-state index contributed by atoms with van der Waals surface area (Å²) in [5, 5.41) is 0. The maximum absolute atomic E-state index is 15.2. The van der Waals surface area contributed by atoms with Crippen molar-refractivity contribution < 1.29 is 9.47 Å². The van der Waals surface area contributed by atoms with Gasteiger partial charge in [0.2, 0.25) is 0 Å². The topological polar surface area (TPSA) is 186 Å². The fourth-order valence-electron chi connectivity index (χ4n) is 11.7. The number of hydrogen-bond donors (Lipinski definition) is 4. The smallest absolute Gasteiger partial charge is 0.330 e. The zero-order chi connectivity index (χ0) is 56.2. The van der Waals surface area contributed by atoms with E-state index in [-0.39, 0.29) is 13.5 Å². The molecule has 14 nitrogen and oxygen atoms in total. The van der Waals surface area contributed by atoms with Crippen molar-refractivity contribution in [2.24, 2.45) is 0 Å². The highest BCUT2D eigenvalue weighted by Crippen LogP contribution is 2.44. The Labute approximate surface area is 461 Å². The fraction of sp³-hybridized carbons (Fsp3) is 0.562. The molecule has 0 amide bonds. The second-order valence-electron chi connectivity index (χ2n) is 21.8. The lowest BCUT2D eigenvalue weighted by Crippen LogP contribution is -2.37. The third-order valence-electron chi connectivity index (χ3n) is 16.3. The van der Waals surface area contributed by atoms with E-state index >= 15 is 9.59 Å². The van der Waals surface area contributed by atoms with E-state index in [0.29, 0.717) is 58.2 Å². The van der Waals surface area contributed by atoms with Crippen LogP contribution in [0, 0.1) is 27.7 Å². The van der Waals surface area contributed by atoms with Gasteiger partial charge >= 0.3 is 11.4 Å². The quantitative estimate of drug-likeness (QED) is 0.0356. The first kappa shape index (κ1) is 59.5. The van der Waals surface area contributed by atoms with Crippen molar-refractivity contribution in [3.05, 3.63) is 110 Å². The minimum absolute atomic E-state index is 0.190. The summed E-state index contributed by atoms with van der Waals surface area (Å²) in [5.74, 6) is 0. The summed E-state index contributed by atoms with van der Waals surface area (Å²) in [7, 11) is 0. The number of H-pyrrole nitrogens is 4. The molecule has 2 aliphatic rings. The molecule has 0 saturated heterocycles. The average Bonchev–Trinajstić information content (AvgIpc) is 4.29. The molecule has 0 fully saturated rings. The van der Waals surface area contributed by atoms with E-state index in [9.17, 15) is 9.59 Å². The molecule has 0 atom stereocenters. The summed E-state index contributed by atoms with van der Waals surface area (Å²) in [6.07, 6.45) is 20.1. The van der Waals surface area contributed by atoms with Gasteiger partial charge < -0.3 is 29.4 Å². The van der Waals surface area contributed by atoms with E-state index < -0.39 is 22.5 Å². The van der Waals surface area contributed by atoms with Crippen LogP contribution in [-0.2, 0) is 35.8 Å². The van der Waals surface area contributed by atoms with Gasteiger partial charge in [-0.3, -0.25) is 9.59 Å². The normalized spacial score (nSPS) is 12.8. The van der Waals surface area contributed by atoms with Gasteiger partial charge in [-0.05, 0) is 163 Å². The van der Waals surface area contributed by atoms with E-state index in [1.165, 1.54) is 0 Å². The molecule has 422 valence electrons. The summed E-state index contributed by atoms with van der Waals surface area (Å²) in [5.41, 5.74) is 15.7. The Kier molecular flexibility index (Phi) is 21.1. The Morgan fingerprint density at radius 1 is 0.436 bits per heavy atom. The van der Waals surface area contributed by atoms with Crippen molar-refractivity contribution in [3.8, 4) is 22.3 Å². The van der Waals surface area contributed by atoms with Crippen LogP contribution in [0.4, 0.5) is 0 Å². The summed E-state index contributed by atoms with van der Waals surface area (Å²) < 4.78 is 13.9. The van der Waals surface area contributed by atoms with Crippen LogP contribution in [0.2, 0.25) is 0 Å². The lowest BCUT2D eigenvalue weighted by atomic mass is 9.93. The SMILES string of the molecule is CCCCCCC1=C(C)c2nc1cc1[nH]c(c(C)c1CCCCCC)c(-c1c(C)[nH]c(=O)n(COCC)c1=O)c1nc(cc3[nH]c(c(C)c3CCCCCC)c2-c2c(C)[nH]c(=O)n(COCC)c2=O)C(CCCCCC)=C1C. The number of aromatic amines is 4. The number of nitrogens with one attached hydrogen (secondary N) is 4. The van der Waals surface area contributed by atoms with Crippen LogP contribution >= 0.6 is 0 Å². The van der Waals surface area contributed by atoms with E-state index in [0.717, 1.165) is 216 Å². The Balaban J connectivity index is 1.79. The Morgan fingerprint density at radius 3 is 1.12 bits per heavy atom. The van der Waals surface area contributed by atoms with E-state index in [2.05, 4.69) is 87.5 Å². The predicted octanol–water partition coefficient (Wildman–Crippen LogP) is 14.6. The standard InChI is InChI=1S/C64H90N8O6/c1-13-19-23-27-31-45-39(7)57-55(53-43(11)65-63(75)71(61(53)73)37-77-17-5)58-41(9)47(33-29-25-21-15-3)51(69-58)36-52-48(34-30-26-22-16-4)42(10)60(70-52)56(54-44(12)66-64(76)72(62(54)74)38-78-18-6)59-40(8)46(32-28-24-20-14-2)50(68-59)35-49(45)67-57/h35-36,67,70H,13-34,37-38H2,1-12H3,(H,65,75)(H,66,76). The van der Waals surface area contributed by atoms with Crippen molar-refractivity contribution in [1.29, 1.82) is 0 Å². The van der Waals surface area contributed by atoms with Crippen molar-refractivity contribution in [2.75, 3.05) is 13.2 Å². The van der Waals surface area contributed by atoms with Gasteiger partial charge in [-0.15, -0.1) is 0 Å². The molecule has 4 N–H and O–H groups in total. The molecular formula is C64H90N8O6.